The van der Waals surface area contributed by atoms with E-state index in [0.29, 0.717) is 0 Å². The molecule has 0 saturated heterocycles. The van der Waals surface area contributed by atoms with E-state index in [4.69, 9.17) is 10.9 Å². The number of halogens is 1. The summed E-state index contributed by atoms with van der Waals surface area (Å²) >= 11 is 5.16. The molecule has 0 fully saturated rings. The van der Waals surface area contributed by atoms with Gasteiger partial charge in [-0.2, -0.15) is 0 Å². The van der Waals surface area contributed by atoms with Gasteiger partial charge < -0.3 is 15.8 Å². The maximum atomic E-state index is 8.74. The van der Waals surface area contributed by atoms with Crippen molar-refractivity contribution in [3.63, 3.8) is 0 Å². The molecule has 2 aromatic rings. The smallest absolute Gasteiger partial charge is 0.170 e. The van der Waals surface area contributed by atoms with Gasteiger partial charge in [-0.15, -0.1) is 11.3 Å². The number of nitrogens with zero attached hydrogens (tertiary/aromatic N) is 2. The molecular formula is C14H16BrN3OS. The summed E-state index contributed by atoms with van der Waals surface area (Å²) < 4.78 is 1.14. The van der Waals surface area contributed by atoms with E-state index in [1.807, 2.05) is 32.2 Å². The van der Waals surface area contributed by atoms with Crippen LogP contribution in [0.15, 0.2) is 38.6 Å². The fourth-order valence-electron chi connectivity index (χ4n) is 2.02. The summed E-state index contributed by atoms with van der Waals surface area (Å²) in [6.45, 7) is 2.79. The minimum absolute atomic E-state index is 0.137. The quantitative estimate of drug-likeness (QED) is 0.382. The van der Waals surface area contributed by atoms with Crippen LogP contribution in [0.1, 0.15) is 16.7 Å². The number of amidine groups is 1. The Morgan fingerprint density at radius 2 is 2.20 bits per heavy atom. The molecule has 1 aromatic heterocycles. The monoisotopic (exact) mass is 353 g/mol. The highest BCUT2D eigenvalue weighted by molar-refractivity contribution is 9.11. The molecule has 106 valence electrons. The molecule has 1 aromatic carbocycles. The lowest BCUT2D eigenvalue weighted by atomic mass is 10.1. The van der Waals surface area contributed by atoms with E-state index in [0.717, 1.165) is 27.1 Å². The van der Waals surface area contributed by atoms with Crippen LogP contribution in [0.4, 0.5) is 5.69 Å². The van der Waals surface area contributed by atoms with Crippen molar-refractivity contribution in [3.8, 4) is 0 Å². The zero-order chi connectivity index (χ0) is 14.7. The van der Waals surface area contributed by atoms with Gasteiger partial charge in [-0.05, 0) is 63.6 Å². The van der Waals surface area contributed by atoms with Crippen LogP contribution in [0.2, 0.25) is 0 Å². The Kier molecular flexibility index (Phi) is 4.67. The SMILES string of the molecule is Cc1cc(N(C)Cc2csc(Br)c2)ccc1/C(N)=N/O. The molecule has 6 heteroatoms. The van der Waals surface area contributed by atoms with Crippen molar-refractivity contribution in [2.45, 2.75) is 13.5 Å². The lowest BCUT2D eigenvalue weighted by Gasteiger charge is -2.20. The van der Waals surface area contributed by atoms with Gasteiger partial charge in [0, 0.05) is 24.8 Å². The second kappa shape index (κ2) is 6.28. The number of anilines is 1. The van der Waals surface area contributed by atoms with Crippen molar-refractivity contribution in [1.29, 1.82) is 0 Å². The van der Waals surface area contributed by atoms with Crippen LogP contribution in [0.5, 0.6) is 0 Å². The van der Waals surface area contributed by atoms with E-state index in [1.165, 1.54) is 5.56 Å². The lowest BCUT2D eigenvalue weighted by molar-refractivity contribution is 0.318. The van der Waals surface area contributed by atoms with Gasteiger partial charge in [-0.25, -0.2) is 0 Å². The molecule has 0 radical (unpaired) electrons. The van der Waals surface area contributed by atoms with Gasteiger partial charge in [0.2, 0.25) is 0 Å². The number of oxime groups is 1. The number of hydrogen-bond acceptors (Lipinski definition) is 4. The van der Waals surface area contributed by atoms with Gasteiger partial charge >= 0.3 is 0 Å². The summed E-state index contributed by atoms with van der Waals surface area (Å²) in [6, 6.07) is 8.01. The summed E-state index contributed by atoms with van der Waals surface area (Å²) in [7, 11) is 2.05. The second-order valence-electron chi connectivity index (χ2n) is 4.60. The maximum Gasteiger partial charge on any atom is 0.170 e. The van der Waals surface area contributed by atoms with Crippen molar-refractivity contribution < 1.29 is 5.21 Å². The topological polar surface area (TPSA) is 61.8 Å². The Morgan fingerprint density at radius 1 is 1.45 bits per heavy atom. The van der Waals surface area contributed by atoms with Crippen molar-refractivity contribution in [2.75, 3.05) is 11.9 Å². The van der Waals surface area contributed by atoms with E-state index in [1.54, 1.807) is 11.3 Å². The fourth-order valence-corrected chi connectivity index (χ4v) is 3.22. The molecule has 0 atom stereocenters. The molecule has 0 aliphatic carbocycles. The van der Waals surface area contributed by atoms with Crippen molar-refractivity contribution in [1.82, 2.24) is 0 Å². The van der Waals surface area contributed by atoms with Crippen molar-refractivity contribution in [2.24, 2.45) is 10.9 Å². The molecule has 0 saturated carbocycles. The Hall–Kier alpha value is -1.53. The Balaban J connectivity index is 2.18. The molecule has 0 aliphatic heterocycles. The molecule has 0 bridgehead atoms. The van der Waals surface area contributed by atoms with Crippen LogP contribution < -0.4 is 10.6 Å². The number of aryl methyl sites for hydroxylation is 1. The zero-order valence-corrected chi connectivity index (χ0v) is 13.7. The van der Waals surface area contributed by atoms with E-state index in [2.05, 4.69) is 37.4 Å². The van der Waals surface area contributed by atoms with Gasteiger partial charge in [0.15, 0.2) is 5.84 Å². The molecule has 2 rings (SSSR count). The molecular weight excluding hydrogens is 338 g/mol. The standard InChI is InChI=1S/C14H16BrN3OS/c1-9-5-11(3-4-12(9)14(16)17-19)18(2)7-10-6-13(15)20-8-10/h3-6,8,19H,7H2,1-2H3,(H2,16,17). The highest BCUT2D eigenvalue weighted by atomic mass is 79.9. The first-order valence-corrected chi connectivity index (χ1v) is 7.71. The molecule has 3 N–H and O–H groups in total. The lowest BCUT2D eigenvalue weighted by Crippen LogP contribution is -2.18. The van der Waals surface area contributed by atoms with Gasteiger partial charge in [-0.3, -0.25) is 0 Å². The Morgan fingerprint density at radius 3 is 2.75 bits per heavy atom. The summed E-state index contributed by atoms with van der Waals surface area (Å²) in [4.78, 5) is 2.16. The Labute approximate surface area is 130 Å². The average molecular weight is 354 g/mol. The zero-order valence-electron chi connectivity index (χ0n) is 11.3. The third kappa shape index (κ3) is 3.32. The number of thiophene rings is 1. The first-order chi connectivity index (χ1) is 9.51. The summed E-state index contributed by atoms with van der Waals surface area (Å²) in [5.74, 6) is 0.137. The highest BCUT2D eigenvalue weighted by Crippen LogP contribution is 2.24. The first kappa shape index (κ1) is 14.9. The largest absolute Gasteiger partial charge is 0.409 e. The predicted octanol–water partition coefficient (Wildman–Crippen LogP) is 3.55. The van der Waals surface area contributed by atoms with Crippen molar-refractivity contribution in [3.05, 3.63) is 50.1 Å². The minimum atomic E-state index is 0.137. The molecule has 0 aliphatic rings. The van der Waals surface area contributed by atoms with Crippen LogP contribution in [-0.4, -0.2) is 18.1 Å². The van der Waals surface area contributed by atoms with Crippen LogP contribution in [0.25, 0.3) is 0 Å². The van der Waals surface area contributed by atoms with E-state index in [9.17, 15) is 0 Å². The molecule has 0 spiro atoms. The van der Waals surface area contributed by atoms with Crippen molar-refractivity contribution >= 4 is 38.8 Å². The van der Waals surface area contributed by atoms with E-state index in [-0.39, 0.29) is 5.84 Å². The van der Waals surface area contributed by atoms with Crippen LogP contribution in [0.3, 0.4) is 0 Å². The third-order valence-corrected chi connectivity index (χ3v) is 4.63. The molecule has 0 amide bonds. The number of rotatable bonds is 4. The normalized spacial score (nSPS) is 11.7. The average Bonchev–Trinajstić information content (AvgIpc) is 2.83. The van der Waals surface area contributed by atoms with Gasteiger partial charge in [-0.1, -0.05) is 5.16 Å². The fraction of sp³-hybridized carbons (Fsp3) is 0.214. The molecule has 20 heavy (non-hydrogen) atoms. The predicted molar refractivity (Wildman–Crippen MR) is 87.8 cm³/mol. The highest BCUT2D eigenvalue weighted by Gasteiger charge is 2.08. The Bertz CT molecular complexity index is 639. The number of benzene rings is 1. The number of hydrogen-bond donors (Lipinski definition) is 2. The molecule has 4 nitrogen and oxygen atoms in total. The maximum absolute atomic E-state index is 8.74. The summed E-state index contributed by atoms with van der Waals surface area (Å²) in [5.41, 5.74) is 9.73. The second-order valence-corrected chi connectivity index (χ2v) is 6.89. The minimum Gasteiger partial charge on any atom is -0.409 e. The third-order valence-electron chi connectivity index (χ3n) is 3.08. The van der Waals surface area contributed by atoms with Crippen LogP contribution in [-0.2, 0) is 6.54 Å². The summed E-state index contributed by atoms with van der Waals surface area (Å²) in [5, 5.41) is 13.9. The van der Waals surface area contributed by atoms with E-state index < -0.39 is 0 Å². The summed E-state index contributed by atoms with van der Waals surface area (Å²) in [6.07, 6.45) is 0. The van der Waals surface area contributed by atoms with Crippen LogP contribution >= 0.6 is 27.3 Å². The van der Waals surface area contributed by atoms with Crippen LogP contribution in [0, 0.1) is 6.92 Å². The first-order valence-electron chi connectivity index (χ1n) is 6.04. The van der Waals surface area contributed by atoms with Gasteiger partial charge in [0.25, 0.3) is 0 Å². The van der Waals surface area contributed by atoms with Gasteiger partial charge in [0.1, 0.15) is 0 Å². The van der Waals surface area contributed by atoms with Gasteiger partial charge in [0.05, 0.1) is 3.79 Å². The number of nitrogens with two attached hydrogens (primary N) is 1. The molecule has 1 heterocycles. The molecule has 0 unspecified atom stereocenters. The van der Waals surface area contributed by atoms with E-state index >= 15 is 0 Å².